The normalized spacial score (nSPS) is 32.6. The Morgan fingerprint density at radius 1 is 1.86 bits per heavy atom. The number of methoxy groups -OCH3 is 1. The topological polar surface area (TPSA) is 21.8 Å². The lowest BCUT2D eigenvalue weighted by Crippen LogP contribution is -2.11. The minimum absolute atomic E-state index is 0.292. The molecule has 0 N–H and O–H groups in total. The van der Waals surface area contributed by atoms with Gasteiger partial charge in [-0.1, -0.05) is 0 Å². The second-order valence-corrected chi connectivity index (χ2v) is 1.81. The second kappa shape index (κ2) is 1.80. The number of rotatable bonds is 2. The highest BCUT2D eigenvalue weighted by Crippen LogP contribution is 2.14. The van der Waals surface area contributed by atoms with E-state index in [1.807, 2.05) is 6.92 Å². The summed E-state index contributed by atoms with van der Waals surface area (Å²) in [5.41, 5.74) is 0. The summed E-state index contributed by atoms with van der Waals surface area (Å²) in [4.78, 5) is 0. The molecule has 0 saturated carbocycles. The predicted octanol–water partition coefficient (Wildman–Crippen LogP) is 0.420. The highest BCUT2D eigenvalue weighted by molar-refractivity contribution is 4.75. The zero-order valence-electron chi connectivity index (χ0n) is 4.68. The molecule has 0 bridgehead atoms. The van der Waals surface area contributed by atoms with Crippen LogP contribution in [0.1, 0.15) is 6.92 Å². The molecule has 1 aliphatic heterocycles. The third kappa shape index (κ3) is 1.14. The summed E-state index contributed by atoms with van der Waals surface area (Å²) in [5.74, 6) is 0. The molecule has 1 saturated heterocycles. The quantitative estimate of drug-likeness (QED) is 0.471. The minimum Gasteiger partial charge on any atom is -0.379 e. The van der Waals surface area contributed by atoms with E-state index in [9.17, 15) is 0 Å². The van der Waals surface area contributed by atoms with Crippen molar-refractivity contribution >= 4 is 0 Å². The third-order valence-corrected chi connectivity index (χ3v) is 1.25. The van der Waals surface area contributed by atoms with Gasteiger partial charge in [-0.15, -0.1) is 0 Å². The molecule has 1 heterocycles. The maximum absolute atomic E-state index is 4.95. The van der Waals surface area contributed by atoms with Crippen molar-refractivity contribution in [3.63, 3.8) is 0 Å². The Kier molecular flexibility index (Phi) is 1.30. The first-order chi connectivity index (χ1) is 3.34. The van der Waals surface area contributed by atoms with Gasteiger partial charge < -0.3 is 9.47 Å². The smallest absolute Gasteiger partial charge is 0.107 e. The zero-order chi connectivity index (χ0) is 5.28. The van der Waals surface area contributed by atoms with Crippen molar-refractivity contribution in [3.8, 4) is 0 Å². The second-order valence-electron chi connectivity index (χ2n) is 1.81. The molecule has 0 aromatic rings. The number of ether oxygens (including phenoxy) is 2. The van der Waals surface area contributed by atoms with Gasteiger partial charge in [0.1, 0.15) is 6.10 Å². The van der Waals surface area contributed by atoms with Crippen molar-refractivity contribution in [1.29, 1.82) is 0 Å². The van der Waals surface area contributed by atoms with Crippen LogP contribution in [0.4, 0.5) is 0 Å². The summed E-state index contributed by atoms with van der Waals surface area (Å²) in [6.45, 7) is 2.90. The van der Waals surface area contributed by atoms with Crippen molar-refractivity contribution < 1.29 is 9.47 Å². The molecule has 2 heteroatoms. The summed E-state index contributed by atoms with van der Waals surface area (Å²) in [6, 6.07) is 0. The van der Waals surface area contributed by atoms with Gasteiger partial charge in [0.2, 0.25) is 0 Å². The fourth-order valence-electron chi connectivity index (χ4n) is 0.478. The van der Waals surface area contributed by atoms with Crippen LogP contribution in [0.5, 0.6) is 0 Å². The molecule has 1 rings (SSSR count). The summed E-state index contributed by atoms with van der Waals surface area (Å²) in [7, 11) is 1.70. The average molecular weight is 102 g/mol. The van der Waals surface area contributed by atoms with Gasteiger partial charge in [0.05, 0.1) is 12.7 Å². The van der Waals surface area contributed by atoms with Gasteiger partial charge in [-0.3, -0.25) is 0 Å². The lowest BCUT2D eigenvalue weighted by molar-refractivity contribution is 0.0909. The molecule has 0 spiro atoms. The van der Waals surface area contributed by atoms with Crippen LogP contribution in [0.2, 0.25) is 0 Å². The monoisotopic (exact) mass is 102 g/mol. The molecule has 0 aromatic carbocycles. The Morgan fingerprint density at radius 3 is 2.57 bits per heavy atom. The zero-order valence-corrected chi connectivity index (χ0v) is 4.68. The molecule has 0 amide bonds. The van der Waals surface area contributed by atoms with E-state index in [2.05, 4.69) is 0 Å². The lowest BCUT2D eigenvalue weighted by atomic mass is 10.3. The largest absolute Gasteiger partial charge is 0.379 e. The Morgan fingerprint density at radius 2 is 2.43 bits per heavy atom. The molecule has 0 aliphatic carbocycles. The molecule has 7 heavy (non-hydrogen) atoms. The van der Waals surface area contributed by atoms with Gasteiger partial charge in [-0.25, -0.2) is 0 Å². The first-order valence-electron chi connectivity index (χ1n) is 2.49. The van der Waals surface area contributed by atoms with Crippen molar-refractivity contribution in [1.82, 2.24) is 0 Å². The summed E-state index contributed by atoms with van der Waals surface area (Å²) in [6.07, 6.45) is 0.685. The standard InChI is InChI=1S/C5H10O2/c1-4(6-2)5-3-7-5/h4-5H,3H2,1-2H3/t4-,5-/m0/s1. The summed E-state index contributed by atoms with van der Waals surface area (Å²) in [5, 5.41) is 0. The van der Waals surface area contributed by atoms with E-state index in [-0.39, 0.29) is 0 Å². The highest BCUT2D eigenvalue weighted by Gasteiger charge is 2.28. The van der Waals surface area contributed by atoms with Crippen LogP contribution >= 0.6 is 0 Å². The van der Waals surface area contributed by atoms with Gasteiger partial charge in [0, 0.05) is 7.11 Å². The van der Waals surface area contributed by atoms with Gasteiger partial charge in [-0.2, -0.15) is 0 Å². The molecular formula is C5H10O2. The molecule has 42 valence electrons. The molecule has 2 nitrogen and oxygen atoms in total. The van der Waals surface area contributed by atoms with E-state index in [4.69, 9.17) is 9.47 Å². The first kappa shape index (κ1) is 5.06. The summed E-state index contributed by atoms with van der Waals surface area (Å²) >= 11 is 0. The van der Waals surface area contributed by atoms with Crippen LogP contribution in [0.25, 0.3) is 0 Å². The third-order valence-electron chi connectivity index (χ3n) is 1.25. The highest BCUT2D eigenvalue weighted by atomic mass is 16.6. The fourth-order valence-corrected chi connectivity index (χ4v) is 0.478. The Labute approximate surface area is 43.4 Å². The Balaban J connectivity index is 2.10. The molecule has 1 fully saturated rings. The van der Waals surface area contributed by atoms with Crippen molar-refractivity contribution in [2.24, 2.45) is 0 Å². The molecular weight excluding hydrogens is 92.1 g/mol. The maximum atomic E-state index is 4.95. The fraction of sp³-hybridized carbons (Fsp3) is 1.00. The molecule has 0 aromatic heterocycles. The SMILES string of the molecule is CO[C@@H](C)[C@@H]1CO1. The van der Waals surface area contributed by atoms with Crippen molar-refractivity contribution in [2.75, 3.05) is 13.7 Å². The molecule has 0 radical (unpaired) electrons. The van der Waals surface area contributed by atoms with E-state index >= 15 is 0 Å². The number of hydrogen-bond donors (Lipinski definition) is 0. The van der Waals surface area contributed by atoms with Gasteiger partial charge in [0.25, 0.3) is 0 Å². The van der Waals surface area contributed by atoms with E-state index < -0.39 is 0 Å². The van der Waals surface area contributed by atoms with Crippen molar-refractivity contribution in [2.45, 2.75) is 19.1 Å². The van der Waals surface area contributed by atoms with E-state index in [0.29, 0.717) is 12.2 Å². The van der Waals surface area contributed by atoms with Crippen LogP contribution in [-0.2, 0) is 9.47 Å². The minimum atomic E-state index is 0.292. The average Bonchev–Trinajstić information content (AvgIpc) is 2.44. The first-order valence-corrected chi connectivity index (χ1v) is 2.49. The van der Waals surface area contributed by atoms with Gasteiger partial charge in [-0.05, 0) is 6.92 Å². The lowest BCUT2D eigenvalue weighted by Gasteiger charge is -2.01. The van der Waals surface area contributed by atoms with Crippen LogP contribution in [-0.4, -0.2) is 25.9 Å². The van der Waals surface area contributed by atoms with Crippen molar-refractivity contribution in [3.05, 3.63) is 0 Å². The van der Waals surface area contributed by atoms with Crippen LogP contribution < -0.4 is 0 Å². The number of epoxide rings is 1. The van der Waals surface area contributed by atoms with Gasteiger partial charge >= 0.3 is 0 Å². The molecule has 0 unspecified atom stereocenters. The Hall–Kier alpha value is -0.0800. The predicted molar refractivity (Wildman–Crippen MR) is 26.2 cm³/mol. The summed E-state index contributed by atoms with van der Waals surface area (Å²) < 4.78 is 9.89. The van der Waals surface area contributed by atoms with E-state index in [0.717, 1.165) is 6.61 Å². The van der Waals surface area contributed by atoms with Gasteiger partial charge in [0.15, 0.2) is 0 Å². The maximum Gasteiger partial charge on any atom is 0.107 e. The van der Waals surface area contributed by atoms with Crippen LogP contribution in [0, 0.1) is 0 Å². The molecule has 1 aliphatic rings. The van der Waals surface area contributed by atoms with E-state index in [1.54, 1.807) is 7.11 Å². The van der Waals surface area contributed by atoms with Crippen LogP contribution in [0.3, 0.4) is 0 Å². The molecule has 2 atom stereocenters. The van der Waals surface area contributed by atoms with Crippen LogP contribution in [0.15, 0.2) is 0 Å². The Bertz CT molecular complexity index is 59.1. The number of hydrogen-bond acceptors (Lipinski definition) is 2. The van der Waals surface area contributed by atoms with E-state index in [1.165, 1.54) is 0 Å².